The van der Waals surface area contributed by atoms with Crippen molar-refractivity contribution in [2.75, 3.05) is 0 Å². The van der Waals surface area contributed by atoms with Crippen molar-refractivity contribution in [3.05, 3.63) is 65.5 Å². The molecular weight excluding hydrogens is 230 g/mol. The molecule has 0 unspecified atom stereocenters. The van der Waals surface area contributed by atoms with E-state index < -0.39 is 0 Å². The molecule has 1 rings (SSSR count). The smallest absolute Gasteiger partial charge is 0.0472 e. The van der Waals surface area contributed by atoms with Crippen LogP contribution < -0.4 is 0 Å². The van der Waals surface area contributed by atoms with Crippen molar-refractivity contribution in [2.24, 2.45) is 0 Å². The first-order valence-corrected chi connectivity index (χ1v) is 6.18. The molecule has 1 nitrogen and oxygen atoms in total. The fourth-order valence-electron chi connectivity index (χ4n) is 1.30. The van der Waals surface area contributed by atoms with E-state index in [-0.39, 0.29) is 0 Å². The maximum Gasteiger partial charge on any atom is 0.0472 e. The Morgan fingerprint density at radius 2 is 2.18 bits per heavy atom. The van der Waals surface area contributed by atoms with Gasteiger partial charge in [0, 0.05) is 23.8 Å². The Kier molecular flexibility index (Phi) is 9.08. The minimum absolute atomic E-state index is 0.754. The van der Waals surface area contributed by atoms with Crippen LogP contribution >= 0.6 is 11.6 Å². The maximum absolute atomic E-state index is 6.05. The van der Waals surface area contributed by atoms with E-state index in [0.29, 0.717) is 0 Å². The van der Waals surface area contributed by atoms with E-state index in [2.05, 4.69) is 11.6 Å². The van der Waals surface area contributed by atoms with Crippen LogP contribution in [-0.2, 0) is 6.42 Å². The summed E-state index contributed by atoms with van der Waals surface area (Å²) in [6, 6.07) is 1.80. The number of allylic oxidation sites excluding steroid dienone is 5. The van der Waals surface area contributed by atoms with Crippen molar-refractivity contribution >= 4 is 11.6 Å². The maximum atomic E-state index is 6.05. The monoisotopic (exact) mass is 249 g/mol. The normalized spacial score (nSPS) is 10.9. The van der Waals surface area contributed by atoms with Crippen molar-refractivity contribution < 1.29 is 0 Å². The summed E-state index contributed by atoms with van der Waals surface area (Å²) in [5.74, 6) is 0. The van der Waals surface area contributed by atoms with Crippen LogP contribution in [0.4, 0.5) is 0 Å². The number of hydrogen-bond donors (Lipinski definition) is 0. The van der Waals surface area contributed by atoms with Gasteiger partial charge in [0.15, 0.2) is 0 Å². The molecular formula is C15H20ClN. The SMILES string of the molecule is C=C/C=C(\C=C/C)Cc1cnccc1Cl.CC. The third-order valence-electron chi connectivity index (χ3n) is 1.95. The summed E-state index contributed by atoms with van der Waals surface area (Å²) >= 11 is 6.05. The average Bonchev–Trinajstić information content (AvgIpc) is 2.35. The second-order valence-electron chi connectivity index (χ2n) is 3.12. The van der Waals surface area contributed by atoms with Gasteiger partial charge in [-0.2, -0.15) is 0 Å². The molecule has 17 heavy (non-hydrogen) atoms. The predicted molar refractivity (Wildman–Crippen MR) is 77.4 cm³/mol. The van der Waals surface area contributed by atoms with Crippen molar-refractivity contribution in [1.82, 2.24) is 4.98 Å². The van der Waals surface area contributed by atoms with Gasteiger partial charge >= 0.3 is 0 Å². The van der Waals surface area contributed by atoms with E-state index in [1.807, 2.05) is 39.0 Å². The Labute approximate surface area is 110 Å². The molecule has 0 saturated carbocycles. The van der Waals surface area contributed by atoms with Gasteiger partial charge in [-0.1, -0.05) is 56.3 Å². The Bertz CT molecular complexity index is 392. The van der Waals surface area contributed by atoms with Crippen molar-refractivity contribution in [1.29, 1.82) is 0 Å². The number of pyridine rings is 1. The average molecular weight is 250 g/mol. The van der Waals surface area contributed by atoms with Gasteiger partial charge in [0.2, 0.25) is 0 Å². The van der Waals surface area contributed by atoms with Crippen molar-refractivity contribution in [2.45, 2.75) is 27.2 Å². The van der Waals surface area contributed by atoms with E-state index in [4.69, 9.17) is 11.6 Å². The molecule has 0 radical (unpaired) electrons. The molecule has 0 amide bonds. The van der Waals surface area contributed by atoms with Crippen LogP contribution in [0.1, 0.15) is 26.3 Å². The Hall–Kier alpha value is -1.34. The topological polar surface area (TPSA) is 12.9 Å². The van der Waals surface area contributed by atoms with Gasteiger partial charge in [0.1, 0.15) is 0 Å². The number of halogens is 1. The molecule has 92 valence electrons. The molecule has 0 bridgehead atoms. The van der Waals surface area contributed by atoms with E-state index in [9.17, 15) is 0 Å². The Balaban J connectivity index is 0.00000121. The molecule has 1 aromatic heterocycles. The van der Waals surface area contributed by atoms with Gasteiger partial charge in [0.05, 0.1) is 0 Å². The lowest BCUT2D eigenvalue weighted by molar-refractivity contribution is 1.15. The number of hydrogen-bond acceptors (Lipinski definition) is 1. The molecule has 1 heterocycles. The zero-order valence-corrected chi connectivity index (χ0v) is 11.5. The molecule has 0 aliphatic heterocycles. The molecule has 0 fully saturated rings. The van der Waals surface area contributed by atoms with Crippen molar-refractivity contribution in [3.63, 3.8) is 0 Å². The van der Waals surface area contributed by atoms with Gasteiger partial charge in [-0.3, -0.25) is 4.98 Å². The van der Waals surface area contributed by atoms with E-state index in [0.717, 1.165) is 17.0 Å². The molecule has 0 aromatic carbocycles. The zero-order valence-electron chi connectivity index (χ0n) is 10.8. The zero-order chi connectivity index (χ0) is 13.1. The fourth-order valence-corrected chi connectivity index (χ4v) is 1.47. The minimum Gasteiger partial charge on any atom is -0.264 e. The predicted octanol–water partition coefficient (Wildman–Crippen LogP) is 4.99. The second kappa shape index (κ2) is 9.86. The molecule has 0 aliphatic rings. The lowest BCUT2D eigenvalue weighted by Gasteiger charge is -2.03. The quantitative estimate of drug-likeness (QED) is 0.685. The summed E-state index contributed by atoms with van der Waals surface area (Å²) in [6.07, 6.45) is 12.1. The van der Waals surface area contributed by atoms with Gasteiger partial charge in [-0.05, 0) is 24.1 Å². The van der Waals surface area contributed by atoms with E-state index in [1.54, 1.807) is 24.5 Å². The minimum atomic E-state index is 0.754. The molecule has 0 atom stereocenters. The highest BCUT2D eigenvalue weighted by Crippen LogP contribution is 2.18. The fraction of sp³-hybridized carbons (Fsp3) is 0.267. The molecule has 0 saturated heterocycles. The first-order chi connectivity index (χ1) is 8.27. The van der Waals surface area contributed by atoms with Gasteiger partial charge in [-0.15, -0.1) is 0 Å². The summed E-state index contributed by atoms with van der Waals surface area (Å²) in [6.45, 7) is 9.68. The van der Waals surface area contributed by atoms with Crippen LogP contribution in [-0.4, -0.2) is 4.98 Å². The first kappa shape index (κ1) is 15.7. The standard InChI is InChI=1S/C13H14ClN.C2H6/c1-3-5-11(6-4-2)9-12-10-15-8-7-13(12)14;1-2/h3-8,10H,1,9H2,2H3;1-2H3/b6-4-,11-5+;. The number of aromatic nitrogens is 1. The molecule has 1 aromatic rings. The number of nitrogens with zero attached hydrogens (tertiary/aromatic N) is 1. The largest absolute Gasteiger partial charge is 0.264 e. The van der Waals surface area contributed by atoms with Crippen molar-refractivity contribution in [3.8, 4) is 0 Å². The lowest BCUT2D eigenvalue weighted by Crippen LogP contribution is -1.90. The van der Waals surface area contributed by atoms with Gasteiger partial charge < -0.3 is 0 Å². The highest BCUT2D eigenvalue weighted by atomic mass is 35.5. The highest BCUT2D eigenvalue weighted by Gasteiger charge is 2.00. The highest BCUT2D eigenvalue weighted by molar-refractivity contribution is 6.31. The summed E-state index contributed by atoms with van der Waals surface area (Å²) in [7, 11) is 0. The molecule has 0 aliphatic carbocycles. The molecule has 0 N–H and O–H groups in total. The summed E-state index contributed by atoms with van der Waals surface area (Å²) < 4.78 is 0. The summed E-state index contributed by atoms with van der Waals surface area (Å²) in [5.41, 5.74) is 2.20. The molecule has 2 heteroatoms. The van der Waals surface area contributed by atoms with Gasteiger partial charge in [0.25, 0.3) is 0 Å². The third kappa shape index (κ3) is 6.08. The van der Waals surface area contributed by atoms with Crippen LogP contribution in [0, 0.1) is 0 Å². The van der Waals surface area contributed by atoms with Crippen LogP contribution in [0.3, 0.4) is 0 Å². The molecule has 0 spiro atoms. The van der Waals surface area contributed by atoms with E-state index >= 15 is 0 Å². The Morgan fingerprint density at radius 3 is 2.71 bits per heavy atom. The van der Waals surface area contributed by atoms with E-state index in [1.165, 1.54) is 5.57 Å². The summed E-state index contributed by atoms with van der Waals surface area (Å²) in [4.78, 5) is 4.06. The first-order valence-electron chi connectivity index (χ1n) is 5.80. The van der Waals surface area contributed by atoms with Crippen LogP contribution in [0.15, 0.2) is 54.9 Å². The summed E-state index contributed by atoms with van der Waals surface area (Å²) in [5, 5.41) is 0.754. The van der Waals surface area contributed by atoms with Crippen LogP contribution in [0.25, 0.3) is 0 Å². The number of rotatable bonds is 4. The van der Waals surface area contributed by atoms with Crippen LogP contribution in [0.5, 0.6) is 0 Å². The second-order valence-corrected chi connectivity index (χ2v) is 3.53. The van der Waals surface area contributed by atoms with Gasteiger partial charge in [-0.25, -0.2) is 0 Å². The lowest BCUT2D eigenvalue weighted by atomic mass is 10.1. The Morgan fingerprint density at radius 1 is 1.47 bits per heavy atom. The third-order valence-corrected chi connectivity index (χ3v) is 2.32. The van der Waals surface area contributed by atoms with Crippen LogP contribution in [0.2, 0.25) is 5.02 Å².